The third-order valence-corrected chi connectivity index (χ3v) is 15.7. The van der Waals surface area contributed by atoms with Crippen LogP contribution < -0.4 is 0 Å². The summed E-state index contributed by atoms with van der Waals surface area (Å²) in [7, 11) is 0. The lowest BCUT2D eigenvalue weighted by molar-refractivity contribution is -0.164. The van der Waals surface area contributed by atoms with Crippen LogP contribution in [-0.4, -0.2) is 168 Å². The molecule has 0 saturated carbocycles. The number of carbonyl (C=O) groups excluding carboxylic acids is 9. The summed E-state index contributed by atoms with van der Waals surface area (Å²) >= 11 is 0. The van der Waals surface area contributed by atoms with Crippen LogP contribution in [0, 0.1) is 13.8 Å². The summed E-state index contributed by atoms with van der Waals surface area (Å²) in [4.78, 5) is 151. The van der Waals surface area contributed by atoms with Crippen LogP contribution in [0.5, 0.6) is 0 Å². The maximum absolute atomic E-state index is 15.4. The van der Waals surface area contributed by atoms with Crippen molar-refractivity contribution in [2.45, 2.75) is 224 Å². The molecule has 5 amide bonds. The van der Waals surface area contributed by atoms with Gasteiger partial charge in [0.2, 0.25) is 17.7 Å². The fraction of sp³-hybridized carbons (Fsp3) is 0.609. The molecule has 3 aromatic heterocycles. The lowest BCUT2D eigenvalue weighted by Crippen LogP contribution is -2.51. The summed E-state index contributed by atoms with van der Waals surface area (Å²) in [5.74, 6) is -8.46. The molecule has 3 aliphatic rings. The van der Waals surface area contributed by atoms with E-state index in [0.29, 0.717) is 59.6 Å². The lowest BCUT2D eigenvalue weighted by atomic mass is 9.84. The van der Waals surface area contributed by atoms with Gasteiger partial charge in [0.25, 0.3) is 11.8 Å². The molecule has 1 unspecified atom stereocenters. The third-order valence-electron chi connectivity index (χ3n) is 15.7. The number of ether oxygens (including phenoxy) is 5. The van der Waals surface area contributed by atoms with Crippen molar-refractivity contribution in [3.05, 3.63) is 68.8 Å². The molecule has 498 valence electrons. The molecule has 8 bridgehead atoms. The molecule has 0 aliphatic carbocycles. The smallest absolute Gasteiger partial charge is 0.326 e. The van der Waals surface area contributed by atoms with Crippen LogP contribution in [0.3, 0.4) is 0 Å². The van der Waals surface area contributed by atoms with E-state index in [-0.39, 0.29) is 30.1 Å². The van der Waals surface area contributed by atoms with Gasteiger partial charge < -0.3 is 48.4 Å². The van der Waals surface area contributed by atoms with E-state index < -0.39 is 133 Å². The summed E-state index contributed by atoms with van der Waals surface area (Å²) in [6.45, 7) is 31.5. The molecule has 91 heavy (non-hydrogen) atoms. The molecule has 3 aromatic rings. The van der Waals surface area contributed by atoms with Gasteiger partial charge in [-0.2, -0.15) is 0 Å². The Morgan fingerprint density at radius 3 is 1.52 bits per heavy atom. The average Bonchev–Trinajstić information content (AvgIpc) is 1.61. The predicted molar refractivity (Wildman–Crippen MR) is 346 cm³/mol. The Labute approximate surface area is 535 Å². The van der Waals surface area contributed by atoms with Gasteiger partial charge in [0.15, 0.2) is 0 Å². The van der Waals surface area contributed by atoms with E-state index in [2.05, 4.69) is 23.8 Å². The number of fused-ring (bicyclic) bond motifs is 8. The van der Waals surface area contributed by atoms with Gasteiger partial charge in [-0.3, -0.25) is 53.0 Å². The Balaban J connectivity index is 1.57. The van der Waals surface area contributed by atoms with Crippen molar-refractivity contribution in [3.63, 3.8) is 0 Å². The van der Waals surface area contributed by atoms with E-state index >= 15 is 9.59 Å². The second-order valence-electron chi connectivity index (χ2n) is 28.0. The van der Waals surface area contributed by atoms with E-state index in [1.165, 1.54) is 4.90 Å². The molecule has 6 heterocycles. The quantitative estimate of drug-likeness (QED) is 0.0365. The predicted octanol–water partition coefficient (Wildman–Crippen LogP) is 11.1. The molecule has 22 heteroatoms. The van der Waals surface area contributed by atoms with Gasteiger partial charge in [-0.1, -0.05) is 40.5 Å². The molecule has 0 spiro atoms. The first-order valence-corrected chi connectivity index (χ1v) is 31.9. The minimum atomic E-state index is -0.998. The number of amides is 5. The number of unbranched alkanes of at least 4 members (excludes halogenated alkanes) is 2. The number of aryl methyl sites for hydroxylation is 2. The van der Waals surface area contributed by atoms with E-state index in [4.69, 9.17) is 33.7 Å². The number of aromatic amines is 2. The topological polar surface area (TPSA) is 270 Å². The van der Waals surface area contributed by atoms with Crippen molar-refractivity contribution in [1.82, 2.24) is 39.5 Å². The lowest BCUT2D eigenvalue weighted by Gasteiger charge is -2.31. The van der Waals surface area contributed by atoms with Crippen molar-refractivity contribution in [2.75, 3.05) is 52.4 Å². The van der Waals surface area contributed by atoms with Crippen LogP contribution in [0.15, 0.2) is 18.2 Å². The van der Waals surface area contributed by atoms with Crippen LogP contribution in [0.1, 0.15) is 248 Å². The number of nitrogens with one attached hydrogen (secondary N) is 2. The Kier molecular flexibility index (Phi) is 23.2. The van der Waals surface area contributed by atoms with Crippen LogP contribution in [0.4, 0.5) is 0 Å². The second-order valence-corrected chi connectivity index (χ2v) is 28.0. The van der Waals surface area contributed by atoms with Crippen LogP contribution >= 0.6 is 0 Å². The van der Waals surface area contributed by atoms with Crippen molar-refractivity contribution in [3.8, 4) is 0 Å². The highest BCUT2D eigenvalue weighted by molar-refractivity contribution is 6.23. The maximum atomic E-state index is 15.4. The molecule has 3 aliphatic heterocycles. The molecule has 0 saturated heterocycles. The normalized spacial score (nSPS) is 15.5. The molecule has 3 atom stereocenters. The highest BCUT2D eigenvalue weighted by atomic mass is 16.6. The van der Waals surface area contributed by atoms with Gasteiger partial charge in [-0.15, -0.1) is 0 Å². The van der Waals surface area contributed by atoms with Crippen LogP contribution in [-0.2, 0) is 57.2 Å². The van der Waals surface area contributed by atoms with Gasteiger partial charge in [0, 0.05) is 59.2 Å². The number of hydrogen-bond acceptors (Lipinski definition) is 16. The summed E-state index contributed by atoms with van der Waals surface area (Å²) < 4.78 is 28.7. The first-order valence-electron chi connectivity index (χ1n) is 31.9. The molecule has 0 aromatic carbocycles. The molecule has 0 radical (unpaired) electrons. The Morgan fingerprint density at radius 2 is 1.04 bits per heavy atom. The van der Waals surface area contributed by atoms with Crippen LogP contribution in [0.25, 0.3) is 33.2 Å². The number of rotatable bonds is 24. The standard InChI is InChI=1S/C69H98N8O14/c1-21-24-28-77-64(85)60-42(7)49-31-50-44(23-3)39(4)46(70-50)32-51-59(43(8)87-29-25-22-2)41(6)48(71-51)30-47-40(5)45(62(72-47)61(65(77)86)63(60)73-49)26-27-52(78)74(33-53(79)75(35-55(81)88-66(9,10)11)36-56(82)89-67(12,13)14)34-54(80)76(37-57(83)90-68(15,16)17)38-58(84)91-69(18,19)20/h30-32,40,43,45,71,73H,21-29,33-38H2,1-20H3/t40-,43?,45-/m0/s1. The molecular weight excluding hydrogens is 1160 g/mol. The van der Waals surface area contributed by atoms with E-state index in [1.807, 2.05) is 59.7 Å². The number of nitrogens with zero attached hydrogens (tertiary/aromatic N) is 6. The zero-order chi connectivity index (χ0) is 68.0. The first-order chi connectivity index (χ1) is 42.2. The van der Waals surface area contributed by atoms with Gasteiger partial charge in [0.1, 0.15) is 61.7 Å². The van der Waals surface area contributed by atoms with Crippen molar-refractivity contribution < 1.29 is 66.8 Å². The van der Waals surface area contributed by atoms with Crippen molar-refractivity contribution >= 4 is 86.6 Å². The minimum absolute atomic E-state index is 0.0445. The molecule has 2 N–H and O–H groups in total. The third kappa shape index (κ3) is 18.7. The summed E-state index contributed by atoms with van der Waals surface area (Å²) in [6.07, 6.45) is 2.92. The van der Waals surface area contributed by atoms with E-state index in [9.17, 15) is 33.6 Å². The number of aromatic nitrogens is 4. The largest absolute Gasteiger partial charge is 0.459 e. The fourth-order valence-electron chi connectivity index (χ4n) is 11.5. The molecular formula is C69H98N8O14. The molecule has 6 rings (SSSR count). The number of carbonyl (C=O) groups is 9. The zero-order valence-corrected chi connectivity index (χ0v) is 57.5. The summed E-state index contributed by atoms with van der Waals surface area (Å²) in [5, 5.41) is 0. The highest BCUT2D eigenvalue weighted by Gasteiger charge is 2.42. The highest BCUT2D eigenvalue weighted by Crippen LogP contribution is 2.45. The SMILES string of the molecule is CCCCOC(C)c1c(C)c2cc3nc(c4c5[nH]c(cc6nc(cc1[nH]2)C(C)=C6CC)c(C)c5C(=O)N(CCCC)C4=O)[C@@H](CCC(=O)N(CC(=O)N(CC(=O)OC(C)(C)C)CC(=O)OC(C)(C)C)CC(=O)N(CC(=O)OC(C)(C)C)CC(=O)OC(C)(C)C)[C@@H]3C. The molecule has 0 fully saturated rings. The Hall–Kier alpha value is -7.75. The number of esters is 4. The van der Waals surface area contributed by atoms with Gasteiger partial charge in [-0.25, -0.2) is 4.98 Å². The van der Waals surface area contributed by atoms with Gasteiger partial charge in [0.05, 0.1) is 39.8 Å². The van der Waals surface area contributed by atoms with E-state index in [0.717, 1.165) is 66.5 Å². The maximum Gasteiger partial charge on any atom is 0.326 e. The zero-order valence-electron chi connectivity index (χ0n) is 57.5. The minimum Gasteiger partial charge on any atom is -0.459 e. The number of imide groups is 1. The van der Waals surface area contributed by atoms with E-state index in [1.54, 1.807) is 83.1 Å². The monoisotopic (exact) mass is 1260 g/mol. The molecule has 22 nitrogen and oxygen atoms in total. The summed E-state index contributed by atoms with van der Waals surface area (Å²) in [5.41, 5.74) is 5.56. The van der Waals surface area contributed by atoms with Crippen molar-refractivity contribution in [1.29, 1.82) is 0 Å². The Morgan fingerprint density at radius 1 is 0.582 bits per heavy atom. The van der Waals surface area contributed by atoms with Crippen molar-refractivity contribution in [2.24, 2.45) is 0 Å². The number of hydrogen-bond donors (Lipinski definition) is 2. The fourth-order valence-corrected chi connectivity index (χ4v) is 11.5. The van der Waals surface area contributed by atoms with Gasteiger partial charge in [-0.05, 0) is 177 Å². The number of H-pyrrole nitrogens is 2. The van der Waals surface area contributed by atoms with Gasteiger partial charge >= 0.3 is 23.9 Å². The number of allylic oxidation sites excluding steroid dienone is 2. The Bertz CT molecular complexity index is 3370. The first kappa shape index (κ1) is 72.3. The second kappa shape index (κ2) is 29.2. The summed E-state index contributed by atoms with van der Waals surface area (Å²) in [6, 6.07) is 5.89. The van der Waals surface area contributed by atoms with Crippen LogP contribution in [0.2, 0.25) is 0 Å². The average molecular weight is 1260 g/mol.